The van der Waals surface area contributed by atoms with Gasteiger partial charge in [-0.3, -0.25) is 4.90 Å². The number of imidazole rings is 1. The predicted molar refractivity (Wildman–Crippen MR) is 110 cm³/mol. The molecule has 7 heteroatoms. The molecular formula is C22H25FN4O2. The SMILES string of the molecule is OC(COc1ccc(-n2ccnc2)cc1)CN1CCN(c2ccc(F)cc2)CC1. The molecule has 4 rings (SSSR count). The Morgan fingerprint density at radius 2 is 1.66 bits per heavy atom. The number of hydrogen-bond acceptors (Lipinski definition) is 5. The lowest BCUT2D eigenvalue weighted by molar-refractivity contribution is 0.0663. The topological polar surface area (TPSA) is 53.8 Å². The fraction of sp³-hybridized carbons (Fsp3) is 0.318. The summed E-state index contributed by atoms with van der Waals surface area (Å²) in [5.74, 6) is 0.515. The summed E-state index contributed by atoms with van der Waals surface area (Å²) >= 11 is 0. The van der Waals surface area contributed by atoms with E-state index in [4.69, 9.17) is 4.74 Å². The van der Waals surface area contributed by atoms with Crippen molar-refractivity contribution in [3.05, 3.63) is 73.1 Å². The van der Waals surface area contributed by atoms with E-state index in [-0.39, 0.29) is 12.4 Å². The molecule has 1 aliphatic heterocycles. The molecule has 29 heavy (non-hydrogen) atoms. The van der Waals surface area contributed by atoms with Crippen molar-refractivity contribution in [1.82, 2.24) is 14.5 Å². The molecule has 3 aromatic rings. The number of aliphatic hydroxyl groups is 1. The van der Waals surface area contributed by atoms with Crippen LogP contribution in [-0.2, 0) is 0 Å². The van der Waals surface area contributed by atoms with Crippen LogP contribution in [0, 0.1) is 5.82 Å². The van der Waals surface area contributed by atoms with Gasteiger partial charge in [0.1, 0.15) is 24.3 Å². The maximum atomic E-state index is 13.1. The minimum Gasteiger partial charge on any atom is -0.491 e. The fourth-order valence-corrected chi connectivity index (χ4v) is 3.51. The van der Waals surface area contributed by atoms with Crippen LogP contribution in [0.1, 0.15) is 0 Å². The minimum absolute atomic E-state index is 0.216. The Kier molecular flexibility index (Phi) is 6.07. The highest BCUT2D eigenvalue weighted by atomic mass is 19.1. The molecule has 152 valence electrons. The number of hydrogen-bond donors (Lipinski definition) is 1. The molecule has 1 atom stereocenters. The third kappa shape index (κ3) is 5.13. The van der Waals surface area contributed by atoms with Crippen LogP contribution in [0.15, 0.2) is 67.3 Å². The smallest absolute Gasteiger partial charge is 0.123 e. The third-order valence-corrected chi connectivity index (χ3v) is 5.11. The Labute approximate surface area is 169 Å². The first-order valence-electron chi connectivity index (χ1n) is 9.79. The summed E-state index contributed by atoms with van der Waals surface area (Å²) in [7, 11) is 0. The van der Waals surface area contributed by atoms with Crippen LogP contribution in [0.2, 0.25) is 0 Å². The van der Waals surface area contributed by atoms with E-state index in [1.54, 1.807) is 12.5 Å². The Morgan fingerprint density at radius 3 is 2.31 bits per heavy atom. The van der Waals surface area contributed by atoms with Gasteiger partial charge in [-0.1, -0.05) is 0 Å². The summed E-state index contributed by atoms with van der Waals surface area (Å²) in [6, 6.07) is 14.3. The van der Waals surface area contributed by atoms with Gasteiger partial charge in [0.05, 0.1) is 6.33 Å². The lowest BCUT2D eigenvalue weighted by atomic mass is 10.2. The second-order valence-corrected chi connectivity index (χ2v) is 7.19. The molecule has 2 heterocycles. The lowest BCUT2D eigenvalue weighted by Crippen LogP contribution is -2.49. The van der Waals surface area contributed by atoms with Crippen LogP contribution in [0.4, 0.5) is 10.1 Å². The van der Waals surface area contributed by atoms with Crippen LogP contribution in [0.25, 0.3) is 5.69 Å². The van der Waals surface area contributed by atoms with Gasteiger partial charge in [0.25, 0.3) is 0 Å². The van der Waals surface area contributed by atoms with Crippen molar-refractivity contribution in [3.8, 4) is 11.4 Å². The van der Waals surface area contributed by atoms with E-state index < -0.39 is 6.10 Å². The maximum absolute atomic E-state index is 13.1. The van der Waals surface area contributed by atoms with Gasteiger partial charge in [0.15, 0.2) is 0 Å². The van der Waals surface area contributed by atoms with Crippen molar-refractivity contribution in [2.45, 2.75) is 6.10 Å². The van der Waals surface area contributed by atoms with Crippen LogP contribution >= 0.6 is 0 Å². The molecule has 1 fully saturated rings. The van der Waals surface area contributed by atoms with E-state index in [0.717, 1.165) is 43.3 Å². The second-order valence-electron chi connectivity index (χ2n) is 7.19. The fourth-order valence-electron chi connectivity index (χ4n) is 3.51. The first-order chi connectivity index (χ1) is 14.2. The number of halogens is 1. The van der Waals surface area contributed by atoms with Gasteiger partial charge < -0.3 is 19.3 Å². The Balaban J connectivity index is 1.20. The molecule has 1 aliphatic rings. The van der Waals surface area contributed by atoms with Crippen molar-refractivity contribution in [1.29, 1.82) is 0 Å². The van der Waals surface area contributed by atoms with Crippen molar-refractivity contribution in [3.63, 3.8) is 0 Å². The number of β-amino-alcohol motifs (C(OH)–C–C–N with tert-alkyl or cyclic N) is 1. The molecule has 0 bridgehead atoms. The summed E-state index contributed by atoms with van der Waals surface area (Å²) in [6.45, 7) is 4.25. The summed E-state index contributed by atoms with van der Waals surface area (Å²) in [5, 5.41) is 10.3. The van der Waals surface area contributed by atoms with Gasteiger partial charge in [-0.2, -0.15) is 0 Å². The summed E-state index contributed by atoms with van der Waals surface area (Å²) < 4.78 is 20.7. The number of aromatic nitrogens is 2. The highest BCUT2D eigenvalue weighted by Crippen LogP contribution is 2.18. The van der Waals surface area contributed by atoms with Crippen LogP contribution in [0.5, 0.6) is 5.75 Å². The van der Waals surface area contributed by atoms with E-state index in [2.05, 4.69) is 14.8 Å². The number of nitrogens with zero attached hydrogens (tertiary/aromatic N) is 4. The molecule has 1 saturated heterocycles. The maximum Gasteiger partial charge on any atom is 0.123 e. The summed E-state index contributed by atoms with van der Waals surface area (Å²) in [6.07, 6.45) is 4.81. The first kappa shape index (κ1) is 19.4. The van der Waals surface area contributed by atoms with Crippen molar-refractivity contribution in [2.75, 3.05) is 44.2 Å². The average Bonchev–Trinajstić information content (AvgIpc) is 3.29. The number of piperazine rings is 1. The zero-order valence-corrected chi connectivity index (χ0v) is 16.2. The highest BCUT2D eigenvalue weighted by Gasteiger charge is 2.19. The number of rotatable bonds is 7. The monoisotopic (exact) mass is 396 g/mol. The van der Waals surface area contributed by atoms with Crippen molar-refractivity contribution >= 4 is 5.69 Å². The molecule has 1 unspecified atom stereocenters. The normalized spacial score (nSPS) is 16.0. The first-order valence-corrected chi connectivity index (χ1v) is 9.79. The minimum atomic E-state index is -0.555. The molecule has 0 aliphatic carbocycles. The zero-order chi connectivity index (χ0) is 20.1. The molecule has 0 radical (unpaired) electrons. The third-order valence-electron chi connectivity index (χ3n) is 5.11. The van der Waals surface area contributed by atoms with Gasteiger partial charge in [-0.05, 0) is 48.5 Å². The van der Waals surface area contributed by atoms with Crippen LogP contribution in [0.3, 0.4) is 0 Å². The molecule has 1 aromatic heterocycles. The molecule has 2 aromatic carbocycles. The predicted octanol–water partition coefficient (Wildman–Crippen LogP) is 2.57. The Morgan fingerprint density at radius 1 is 0.966 bits per heavy atom. The van der Waals surface area contributed by atoms with Crippen molar-refractivity contribution in [2.24, 2.45) is 0 Å². The largest absolute Gasteiger partial charge is 0.491 e. The van der Waals surface area contributed by atoms with E-state index in [1.165, 1.54) is 12.1 Å². The molecule has 0 amide bonds. The number of benzene rings is 2. The van der Waals surface area contributed by atoms with Gasteiger partial charge in [-0.25, -0.2) is 9.37 Å². The number of anilines is 1. The number of aliphatic hydroxyl groups excluding tert-OH is 1. The Bertz CT molecular complexity index is 876. The zero-order valence-electron chi connectivity index (χ0n) is 16.2. The lowest BCUT2D eigenvalue weighted by Gasteiger charge is -2.36. The van der Waals surface area contributed by atoms with Gasteiger partial charge in [0.2, 0.25) is 0 Å². The average molecular weight is 396 g/mol. The quantitative estimate of drug-likeness (QED) is 0.665. The van der Waals surface area contributed by atoms with Gasteiger partial charge in [0, 0.05) is 56.5 Å². The molecule has 0 spiro atoms. The second kappa shape index (κ2) is 9.07. The van der Waals surface area contributed by atoms with Gasteiger partial charge >= 0.3 is 0 Å². The molecular weight excluding hydrogens is 371 g/mol. The molecule has 0 saturated carbocycles. The Hall–Kier alpha value is -2.90. The van der Waals surface area contributed by atoms with E-state index in [9.17, 15) is 9.50 Å². The number of ether oxygens (including phenoxy) is 1. The van der Waals surface area contributed by atoms with E-state index in [0.29, 0.717) is 6.54 Å². The summed E-state index contributed by atoms with van der Waals surface area (Å²) in [5.41, 5.74) is 2.04. The molecule has 6 nitrogen and oxygen atoms in total. The molecule has 1 N–H and O–H groups in total. The standard InChI is InChI=1S/C22H25FN4O2/c23-18-1-3-19(4-2-18)26-13-11-25(12-14-26)15-21(28)16-29-22-7-5-20(6-8-22)27-10-9-24-17-27/h1-10,17,21,28H,11-16H2. The highest BCUT2D eigenvalue weighted by molar-refractivity contribution is 5.46. The van der Waals surface area contributed by atoms with Crippen LogP contribution in [-0.4, -0.2) is 65.0 Å². The van der Waals surface area contributed by atoms with E-state index in [1.807, 2.05) is 47.2 Å². The van der Waals surface area contributed by atoms with E-state index >= 15 is 0 Å². The van der Waals surface area contributed by atoms with Crippen molar-refractivity contribution < 1.29 is 14.2 Å². The van der Waals surface area contributed by atoms with Crippen LogP contribution < -0.4 is 9.64 Å². The van der Waals surface area contributed by atoms with Gasteiger partial charge in [-0.15, -0.1) is 0 Å². The summed E-state index contributed by atoms with van der Waals surface area (Å²) in [4.78, 5) is 8.51.